The van der Waals surface area contributed by atoms with E-state index in [1.165, 1.54) is 5.56 Å². The topological polar surface area (TPSA) is 129 Å². The van der Waals surface area contributed by atoms with Crippen LogP contribution in [0.5, 0.6) is 0 Å². The number of piperidine rings is 3. The minimum absolute atomic E-state index is 0. The van der Waals surface area contributed by atoms with Crippen LogP contribution in [0.15, 0.2) is 91.0 Å². The van der Waals surface area contributed by atoms with Gasteiger partial charge in [-0.2, -0.15) is 24.6 Å². The van der Waals surface area contributed by atoms with Gasteiger partial charge < -0.3 is 51.8 Å². The van der Waals surface area contributed by atoms with E-state index in [9.17, 15) is 24.6 Å². The van der Waals surface area contributed by atoms with Crippen molar-refractivity contribution in [2.45, 2.75) is 157 Å². The van der Waals surface area contributed by atoms with Crippen molar-refractivity contribution in [1.29, 1.82) is 0 Å². The predicted octanol–water partition coefficient (Wildman–Crippen LogP) is 7.49. The van der Waals surface area contributed by atoms with Crippen LogP contribution >= 0.6 is 0 Å². The van der Waals surface area contributed by atoms with Crippen LogP contribution in [0.25, 0.3) is 0 Å². The van der Waals surface area contributed by atoms with Gasteiger partial charge in [-0.15, -0.1) is 12.1 Å². The summed E-state index contributed by atoms with van der Waals surface area (Å²) in [5.74, 6) is 0.227. The van der Waals surface area contributed by atoms with E-state index in [0.717, 1.165) is 43.5 Å². The smallest absolute Gasteiger partial charge is 1.00 e. The van der Waals surface area contributed by atoms with Crippen molar-refractivity contribution in [3.8, 4) is 0 Å². The Labute approximate surface area is 415 Å². The maximum absolute atomic E-state index is 12.0. The second kappa shape index (κ2) is 35.1. The number of hydrogen-bond donors (Lipinski definition) is 3. The average molecular weight is 967 g/mol. The Kier molecular flexibility index (Phi) is 35.7. The van der Waals surface area contributed by atoms with Gasteiger partial charge >= 0.3 is 35.2 Å². The number of halogens is 1. The van der Waals surface area contributed by atoms with Crippen LogP contribution in [0.1, 0.15) is 138 Å². The quantitative estimate of drug-likeness (QED) is 0.182. The van der Waals surface area contributed by atoms with E-state index in [1.807, 2.05) is 162 Å². The van der Waals surface area contributed by atoms with Gasteiger partial charge in [-0.25, -0.2) is 9.59 Å². The van der Waals surface area contributed by atoms with Crippen LogP contribution < -0.4 is 22.3 Å². The fraction of sp³-hybridized carbons (Fsp3) is 0.577. The molecule has 3 aliphatic heterocycles. The first-order valence-corrected chi connectivity index (χ1v) is 22.9. The Morgan fingerprint density at radius 1 is 0.594 bits per heavy atom. The summed E-state index contributed by atoms with van der Waals surface area (Å²) in [5.41, 5.74) is 1.30. The second-order valence-corrected chi connectivity index (χ2v) is 17.0. The van der Waals surface area contributed by atoms with Crippen LogP contribution in [0, 0.1) is 6.92 Å². The van der Waals surface area contributed by atoms with Crippen LogP contribution in [0.2, 0.25) is 0 Å². The number of carbonyl (C=O) groups excluding carboxylic acids is 3. The molecule has 3 N–H and O–H groups in total. The van der Waals surface area contributed by atoms with E-state index in [1.54, 1.807) is 9.80 Å². The van der Waals surface area contributed by atoms with Crippen molar-refractivity contribution >= 4 is 41.0 Å². The van der Waals surface area contributed by atoms with Gasteiger partial charge in [0.25, 0.3) is 0 Å². The van der Waals surface area contributed by atoms with Gasteiger partial charge in [0.1, 0.15) is 17.0 Å². The fourth-order valence-corrected chi connectivity index (χ4v) is 6.37. The van der Waals surface area contributed by atoms with Gasteiger partial charge in [0, 0.05) is 51.9 Å². The number of benzene rings is 3. The van der Waals surface area contributed by atoms with Crippen molar-refractivity contribution in [3.05, 3.63) is 115 Å². The van der Waals surface area contributed by atoms with E-state index < -0.39 is 22.4 Å². The van der Waals surface area contributed by atoms with E-state index in [2.05, 4.69) is 24.4 Å². The van der Waals surface area contributed by atoms with Crippen molar-refractivity contribution in [2.24, 2.45) is 0 Å². The fourth-order valence-electron chi connectivity index (χ4n) is 6.37. The zero-order valence-corrected chi connectivity index (χ0v) is 44.7. The average Bonchev–Trinajstić information content (AvgIpc) is 3.24. The molecule has 3 aliphatic rings. The third kappa shape index (κ3) is 30.1. The number of ketones is 1. The predicted molar refractivity (Wildman–Crippen MR) is 262 cm³/mol. The Hall–Kier alpha value is -3.13. The molecule has 2 amide bonds. The van der Waals surface area contributed by atoms with E-state index in [4.69, 9.17) is 9.47 Å². The minimum atomic E-state index is -0.722. The molecule has 0 unspecified atom stereocenters. The molecule has 3 aromatic rings. The maximum atomic E-state index is 12.0. The molecule has 0 aliphatic carbocycles. The van der Waals surface area contributed by atoms with E-state index >= 15 is 0 Å². The standard InChI is InChI=1S/C17H25NO3.C12H17NO.C10H17NO3.C7H7.3C2H6.BrH.Mg/c1-16(2,3)21-15(19)18-11-9-17(20,10-12-18)13-14-7-5-4-6-8-14;14-12(6-8-13-9-7-12)10-11-4-2-1-3-5-11;1-10(2,3)14-9(13)11-6-4-8(12)5-7-11;1-7-5-3-2-4-6-7;3*1-2;;/h4-8,20H,9-13H2,1-3H3;1-5,13-14H,6-10H2;4-7H2,1-3H3;2-6H,1H2;3*1-2H3;1H;/q;;;-1;;;;;+2/p-1. The summed E-state index contributed by atoms with van der Waals surface area (Å²) in [6.07, 6.45) is 4.63. The summed E-state index contributed by atoms with van der Waals surface area (Å²) >= 11 is 0. The zero-order valence-electron chi connectivity index (χ0n) is 41.7. The molecule has 0 aromatic heterocycles. The van der Waals surface area contributed by atoms with Crippen LogP contribution in [-0.4, -0.2) is 123 Å². The number of hydrogen-bond acceptors (Lipinski definition) is 8. The number of amides is 2. The van der Waals surface area contributed by atoms with Crippen molar-refractivity contribution in [2.75, 3.05) is 39.3 Å². The Bertz CT molecular complexity index is 1600. The SMILES string of the molecule is CC.CC.CC.CC(C)(C)OC(=O)N1CCC(=O)CC1.CC(C)(C)OC(=O)N1CCC(O)(Cc2ccccc2)CC1.OC1(Cc2ccccc2)CCNCC1.[Br-].[CH2-]c1ccccc1.[Mg+2]. The monoisotopic (exact) mass is 966 g/mol. The molecule has 0 spiro atoms. The Morgan fingerprint density at radius 2 is 0.906 bits per heavy atom. The van der Waals surface area contributed by atoms with Gasteiger partial charge in [0.05, 0.1) is 11.2 Å². The van der Waals surface area contributed by atoms with Crippen molar-refractivity contribution in [1.82, 2.24) is 15.1 Å². The molecule has 12 heteroatoms. The summed E-state index contributed by atoms with van der Waals surface area (Å²) < 4.78 is 10.6. The number of carbonyl (C=O) groups is 3. The summed E-state index contributed by atoms with van der Waals surface area (Å²) in [6.45, 7) is 30.7. The molecular weight excluding hydrogens is 883 g/mol. The molecule has 3 fully saturated rings. The second-order valence-electron chi connectivity index (χ2n) is 17.0. The van der Waals surface area contributed by atoms with Crippen molar-refractivity contribution < 1.29 is 51.1 Å². The van der Waals surface area contributed by atoms with Gasteiger partial charge in [-0.3, -0.25) is 4.79 Å². The molecule has 0 radical (unpaired) electrons. The first-order chi connectivity index (χ1) is 29.3. The maximum Gasteiger partial charge on any atom is 2.00 e. The summed E-state index contributed by atoms with van der Waals surface area (Å²) in [6, 6.07) is 30.1. The molecule has 64 heavy (non-hydrogen) atoms. The Morgan fingerprint density at radius 3 is 1.22 bits per heavy atom. The first kappa shape index (κ1) is 65.1. The number of Topliss-reactive ketones (excluding diaryl/α,β-unsaturated/α-hetero) is 1. The third-order valence-electron chi connectivity index (χ3n) is 9.45. The number of rotatable bonds is 4. The summed E-state index contributed by atoms with van der Waals surface area (Å²) in [7, 11) is 0. The first-order valence-electron chi connectivity index (χ1n) is 22.9. The third-order valence-corrected chi connectivity index (χ3v) is 9.45. The number of ether oxygens (including phenoxy) is 2. The van der Waals surface area contributed by atoms with Gasteiger partial charge in [-0.05, 0) is 91.4 Å². The van der Waals surface area contributed by atoms with Gasteiger partial charge in [-0.1, -0.05) is 108 Å². The van der Waals surface area contributed by atoms with E-state index in [-0.39, 0.29) is 58.0 Å². The van der Waals surface area contributed by atoms with Gasteiger partial charge in [0.2, 0.25) is 0 Å². The molecular formula is C52H84BrMgN3O7. The Balaban J connectivity index is -0.000000770. The minimum Gasteiger partial charge on any atom is -1.00 e. The number of nitrogens with zero attached hydrogens (tertiary/aromatic N) is 2. The molecule has 3 saturated heterocycles. The van der Waals surface area contributed by atoms with Gasteiger partial charge in [0.15, 0.2) is 0 Å². The summed E-state index contributed by atoms with van der Waals surface area (Å²) in [4.78, 5) is 37.7. The van der Waals surface area contributed by atoms with Crippen molar-refractivity contribution in [3.63, 3.8) is 0 Å². The van der Waals surface area contributed by atoms with E-state index in [0.29, 0.717) is 58.3 Å². The van der Waals surface area contributed by atoms with Crippen LogP contribution in [0.3, 0.4) is 0 Å². The molecule has 0 saturated carbocycles. The molecule has 3 heterocycles. The molecule has 10 nitrogen and oxygen atoms in total. The normalized spacial score (nSPS) is 15.8. The summed E-state index contributed by atoms with van der Waals surface area (Å²) in [5, 5.41) is 24.2. The number of likely N-dealkylation sites (tertiary alicyclic amines) is 2. The number of aliphatic hydroxyl groups is 2. The zero-order chi connectivity index (χ0) is 47.2. The number of nitrogens with one attached hydrogen (secondary N) is 1. The largest absolute Gasteiger partial charge is 2.00 e. The molecule has 0 atom stereocenters. The molecule has 0 bridgehead atoms. The molecule has 3 aromatic carbocycles. The molecule has 6 rings (SSSR count). The molecule has 358 valence electrons. The van der Waals surface area contributed by atoms with Crippen LogP contribution in [-0.2, 0) is 27.1 Å². The van der Waals surface area contributed by atoms with Crippen LogP contribution in [0.4, 0.5) is 9.59 Å².